The van der Waals surface area contributed by atoms with Gasteiger partial charge in [0.25, 0.3) is 0 Å². The van der Waals surface area contributed by atoms with E-state index in [-0.39, 0.29) is 5.75 Å². The number of rotatable bonds is 7. The molecule has 4 rings (SSSR count). The summed E-state index contributed by atoms with van der Waals surface area (Å²) in [6.07, 6.45) is 2.31. The molecule has 0 unspecified atom stereocenters. The van der Waals surface area contributed by atoms with Crippen molar-refractivity contribution in [2.75, 3.05) is 0 Å². The topological polar surface area (TPSA) is 39.9 Å². The SMILES string of the molecule is FC(F)Oc1ccc(CSc2nnc(C3CC3)n2-c2ccccc2)cc1. The zero-order valence-corrected chi connectivity index (χ0v) is 14.7. The van der Waals surface area contributed by atoms with E-state index in [4.69, 9.17) is 0 Å². The van der Waals surface area contributed by atoms with Crippen molar-refractivity contribution in [2.45, 2.75) is 36.3 Å². The summed E-state index contributed by atoms with van der Waals surface area (Å²) in [4.78, 5) is 0. The van der Waals surface area contributed by atoms with Gasteiger partial charge in [-0.25, -0.2) is 0 Å². The smallest absolute Gasteiger partial charge is 0.387 e. The van der Waals surface area contributed by atoms with Crippen molar-refractivity contribution in [1.82, 2.24) is 14.8 Å². The third-order valence-electron chi connectivity index (χ3n) is 4.13. The zero-order chi connectivity index (χ0) is 17.9. The van der Waals surface area contributed by atoms with Crippen LogP contribution < -0.4 is 4.74 Å². The van der Waals surface area contributed by atoms with E-state index in [1.165, 1.54) is 0 Å². The van der Waals surface area contributed by atoms with Gasteiger partial charge in [0.15, 0.2) is 5.16 Å². The Morgan fingerprint density at radius 1 is 1.04 bits per heavy atom. The highest BCUT2D eigenvalue weighted by Crippen LogP contribution is 2.41. The number of nitrogens with zero attached hydrogens (tertiary/aromatic N) is 3. The van der Waals surface area contributed by atoms with E-state index in [0.717, 1.165) is 35.1 Å². The lowest BCUT2D eigenvalue weighted by Crippen LogP contribution is -2.02. The summed E-state index contributed by atoms with van der Waals surface area (Å²) < 4.78 is 30.9. The fourth-order valence-electron chi connectivity index (χ4n) is 2.72. The molecule has 2 aromatic carbocycles. The second-order valence-corrected chi connectivity index (χ2v) is 7.04. The van der Waals surface area contributed by atoms with E-state index >= 15 is 0 Å². The first-order chi connectivity index (χ1) is 12.7. The number of ether oxygens (including phenoxy) is 1. The summed E-state index contributed by atoms with van der Waals surface area (Å²) in [6, 6.07) is 16.8. The minimum absolute atomic E-state index is 0.164. The molecule has 134 valence electrons. The second-order valence-electron chi connectivity index (χ2n) is 6.10. The maximum absolute atomic E-state index is 12.2. The minimum atomic E-state index is -2.81. The lowest BCUT2D eigenvalue weighted by atomic mass is 10.2. The number of thioether (sulfide) groups is 1. The van der Waals surface area contributed by atoms with Crippen molar-refractivity contribution in [1.29, 1.82) is 0 Å². The lowest BCUT2D eigenvalue weighted by Gasteiger charge is -2.10. The van der Waals surface area contributed by atoms with Crippen LogP contribution in [0.4, 0.5) is 8.78 Å². The molecule has 1 aromatic heterocycles. The number of benzene rings is 2. The molecular formula is C19H17F2N3OS. The molecule has 0 bridgehead atoms. The van der Waals surface area contributed by atoms with Gasteiger partial charge in [-0.1, -0.05) is 42.1 Å². The first-order valence-electron chi connectivity index (χ1n) is 8.38. The van der Waals surface area contributed by atoms with Gasteiger partial charge in [0.05, 0.1) is 0 Å². The van der Waals surface area contributed by atoms with Gasteiger partial charge in [0.1, 0.15) is 11.6 Å². The number of aromatic nitrogens is 3. The van der Waals surface area contributed by atoms with Crippen molar-refractivity contribution in [2.24, 2.45) is 0 Å². The molecule has 1 saturated carbocycles. The molecule has 1 fully saturated rings. The molecule has 0 spiro atoms. The highest BCUT2D eigenvalue weighted by molar-refractivity contribution is 7.98. The Kier molecular flexibility index (Phi) is 4.88. The fourth-order valence-corrected chi connectivity index (χ4v) is 3.63. The average Bonchev–Trinajstić information content (AvgIpc) is 3.41. The molecule has 1 heterocycles. The molecule has 0 aliphatic heterocycles. The fraction of sp³-hybridized carbons (Fsp3) is 0.263. The van der Waals surface area contributed by atoms with Crippen LogP contribution in [0.2, 0.25) is 0 Å². The third-order valence-corrected chi connectivity index (χ3v) is 5.13. The van der Waals surface area contributed by atoms with Crippen molar-refractivity contribution >= 4 is 11.8 Å². The Morgan fingerprint density at radius 3 is 2.42 bits per heavy atom. The van der Waals surface area contributed by atoms with Gasteiger partial charge in [-0.15, -0.1) is 10.2 Å². The van der Waals surface area contributed by atoms with Gasteiger partial charge in [-0.2, -0.15) is 8.78 Å². The molecule has 7 heteroatoms. The summed E-state index contributed by atoms with van der Waals surface area (Å²) in [7, 11) is 0. The van der Waals surface area contributed by atoms with Crippen molar-refractivity contribution in [3.05, 3.63) is 66.0 Å². The highest BCUT2D eigenvalue weighted by Gasteiger charge is 2.30. The molecule has 0 amide bonds. The molecule has 0 atom stereocenters. The Bertz CT molecular complexity index is 864. The van der Waals surface area contributed by atoms with Crippen LogP contribution in [-0.4, -0.2) is 21.4 Å². The summed E-state index contributed by atoms with van der Waals surface area (Å²) in [6.45, 7) is -2.81. The number of alkyl halides is 2. The molecule has 0 radical (unpaired) electrons. The van der Waals surface area contributed by atoms with E-state index in [1.54, 1.807) is 36.0 Å². The number of hydrogen-bond donors (Lipinski definition) is 0. The predicted molar refractivity (Wildman–Crippen MR) is 96.0 cm³/mol. The van der Waals surface area contributed by atoms with Gasteiger partial charge in [-0.3, -0.25) is 4.57 Å². The van der Waals surface area contributed by atoms with Crippen LogP contribution in [0.3, 0.4) is 0 Å². The Labute approximate surface area is 154 Å². The average molecular weight is 373 g/mol. The number of para-hydroxylation sites is 1. The maximum Gasteiger partial charge on any atom is 0.387 e. The summed E-state index contributed by atoms with van der Waals surface area (Å²) in [5.74, 6) is 2.34. The van der Waals surface area contributed by atoms with E-state index < -0.39 is 6.61 Å². The molecule has 0 N–H and O–H groups in total. The monoisotopic (exact) mass is 373 g/mol. The summed E-state index contributed by atoms with van der Waals surface area (Å²) >= 11 is 1.58. The van der Waals surface area contributed by atoms with Gasteiger partial charge >= 0.3 is 6.61 Å². The third kappa shape index (κ3) is 3.88. The van der Waals surface area contributed by atoms with Crippen molar-refractivity contribution < 1.29 is 13.5 Å². The van der Waals surface area contributed by atoms with Crippen molar-refractivity contribution in [3.63, 3.8) is 0 Å². The summed E-state index contributed by atoms with van der Waals surface area (Å²) in [5.41, 5.74) is 2.06. The Hall–Kier alpha value is -2.41. The lowest BCUT2D eigenvalue weighted by molar-refractivity contribution is -0.0498. The van der Waals surface area contributed by atoms with Crippen LogP contribution in [0.15, 0.2) is 59.8 Å². The van der Waals surface area contributed by atoms with E-state index in [1.807, 2.05) is 18.2 Å². The Morgan fingerprint density at radius 2 is 1.77 bits per heavy atom. The van der Waals surface area contributed by atoms with E-state index in [0.29, 0.717) is 11.7 Å². The van der Waals surface area contributed by atoms with Gasteiger partial charge in [-0.05, 0) is 42.7 Å². The van der Waals surface area contributed by atoms with Crippen LogP contribution >= 0.6 is 11.8 Å². The van der Waals surface area contributed by atoms with Gasteiger partial charge < -0.3 is 4.74 Å². The normalized spacial score (nSPS) is 14.0. The second kappa shape index (κ2) is 7.45. The van der Waals surface area contributed by atoms with Gasteiger partial charge in [0, 0.05) is 17.4 Å². The summed E-state index contributed by atoms with van der Waals surface area (Å²) in [5, 5.41) is 9.62. The number of halogens is 2. The predicted octanol–water partition coefficient (Wildman–Crippen LogP) is 5.04. The van der Waals surface area contributed by atoms with E-state index in [2.05, 4.69) is 31.6 Å². The molecule has 1 aliphatic carbocycles. The van der Waals surface area contributed by atoms with Crippen LogP contribution in [0.5, 0.6) is 5.75 Å². The molecular weight excluding hydrogens is 356 g/mol. The van der Waals surface area contributed by atoms with Crippen LogP contribution in [0, 0.1) is 0 Å². The minimum Gasteiger partial charge on any atom is -0.435 e. The first kappa shape index (κ1) is 17.0. The van der Waals surface area contributed by atoms with Crippen molar-refractivity contribution in [3.8, 4) is 11.4 Å². The Balaban J connectivity index is 1.52. The van der Waals surface area contributed by atoms with Crippen LogP contribution in [-0.2, 0) is 5.75 Å². The molecule has 4 nitrogen and oxygen atoms in total. The molecule has 1 aliphatic rings. The zero-order valence-electron chi connectivity index (χ0n) is 13.9. The number of hydrogen-bond acceptors (Lipinski definition) is 4. The molecule has 0 saturated heterocycles. The van der Waals surface area contributed by atoms with Crippen LogP contribution in [0.25, 0.3) is 5.69 Å². The highest BCUT2D eigenvalue weighted by atomic mass is 32.2. The van der Waals surface area contributed by atoms with Gasteiger partial charge in [0.2, 0.25) is 0 Å². The molecule has 3 aromatic rings. The van der Waals surface area contributed by atoms with E-state index in [9.17, 15) is 8.78 Å². The maximum atomic E-state index is 12.2. The largest absolute Gasteiger partial charge is 0.435 e. The first-order valence-corrected chi connectivity index (χ1v) is 9.36. The standard InChI is InChI=1S/C19H17F2N3OS/c20-18(21)25-16-10-6-13(7-11-16)12-26-19-23-22-17(14-8-9-14)24(19)15-4-2-1-3-5-15/h1-7,10-11,14,18H,8-9,12H2. The quantitative estimate of drug-likeness (QED) is 0.544. The molecule has 26 heavy (non-hydrogen) atoms. The van der Waals surface area contributed by atoms with Crippen LogP contribution in [0.1, 0.15) is 30.1 Å².